The van der Waals surface area contributed by atoms with Crippen LogP contribution in [0.25, 0.3) is 0 Å². The van der Waals surface area contributed by atoms with Gasteiger partial charge in [-0.15, -0.1) is 5.10 Å². The van der Waals surface area contributed by atoms with Crippen LogP contribution in [-0.4, -0.2) is 29.6 Å². The zero-order chi connectivity index (χ0) is 14.4. The highest BCUT2D eigenvalue weighted by Crippen LogP contribution is 2.16. The number of nitrogens with one attached hydrogen (secondary N) is 1. The van der Waals surface area contributed by atoms with Crippen molar-refractivity contribution in [3.8, 4) is 5.75 Å². The molecular weight excluding hydrogens is 274 g/mol. The Morgan fingerprint density at radius 3 is 3.05 bits per heavy atom. The van der Waals surface area contributed by atoms with Crippen LogP contribution in [0.1, 0.15) is 12.5 Å². The Morgan fingerprint density at radius 1 is 1.55 bits per heavy atom. The van der Waals surface area contributed by atoms with E-state index in [4.69, 9.17) is 4.74 Å². The fraction of sp³-hybridized carbons (Fsp3) is 0.214. The molecule has 1 aromatic carbocycles. The molecule has 0 radical (unpaired) electrons. The molecule has 20 heavy (non-hydrogen) atoms. The second-order valence-electron chi connectivity index (χ2n) is 4.27. The minimum Gasteiger partial charge on any atom is -0.489 e. The quantitative estimate of drug-likeness (QED) is 0.513. The number of amidine groups is 1. The monoisotopic (exact) mass is 289 g/mol. The third-order valence-electron chi connectivity index (χ3n) is 2.32. The Labute approximate surface area is 121 Å². The molecule has 1 fully saturated rings. The molecular formula is C14H15N3O2S. The largest absolute Gasteiger partial charge is 0.489 e. The maximum Gasteiger partial charge on any atom is 0.236 e. The van der Waals surface area contributed by atoms with Gasteiger partial charge in [-0.2, -0.15) is 5.10 Å². The van der Waals surface area contributed by atoms with Gasteiger partial charge in [0.05, 0.1) is 12.0 Å². The molecule has 1 aliphatic rings. The molecule has 2 rings (SSSR count). The van der Waals surface area contributed by atoms with Gasteiger partial charge in [-0.25, -0.2) is 0 Å². The number of nitrogens with zero attached hydrogens (tertiary/aromatic N) is 2. The number of carbonyl (C=O) groups excluding carboxylic acids is 1. The van der Waals surface area contributed by atoms with Crippen LogP contribution >= 0.6 is 11.8 Å². The summed E-state index contributed by atoms with van der Waals surface area (Å²) in [6.07, 6.45) is 1.60. The van der Waals surface area contributed by atoms with Crippen LogP contribution < -0.4 is 10.1 Å². The van der Waals surface area contributed by atoms with Gasteiger partial charge in [-0.05, 0) is 24.6 Å². The van der Waals surface area contributed by atoms with E-state index < -0.39 is 0 Å². The zero-order valence-corrected chi connectivity index (χ0v) is 11.9. The van der Waals surface area contributed by atoms with E-state index in [1.54, 1.807) is 6.21 Å². The van der Waals surface area contributed by atoms with Gasteiger partial charge in [0.25, 0.3) is 0 Å². The van der Waals surface area contributed by atoms with Crippen molar-refractivity contribution in [1.29, 1.82) is 0 Å². The number of carbonyl (C=O) groups is 1. The predicted molar refractivity (Wildman–Crippen MR) is 82.4 cm³/mol. The summed E-state index contributed by atoms with van der Waals surface area (Å²) < 4.78 is 5.62. The Morgan fingerprint density at radius 2 is 2.35 bits per heavy atom. The third-order valence-corrected chi connectivity index (χ3v) is 3.19. The minimum absolute atomic E-state index is 0.0471. The molecule has 1 N–H and O–H groups in total. The summed E-state index contributed by atoms with van der Waals surface area (Å²) in [5, 5.41) is 11.1. The van der Waals surface area contributed by atoms with Crippen molar-refractivity contribution < 1.29 is 9.53 Å². The number of rotatable bonds is 5. The van der Waals surface area contributed by atoms with Crippen molar-refractivity contribution >= 4 is 29.1 Å². The highest BCUT2D eigenvalue weighted by Gasteiger charge is 2.15. The van der Waals surface area contributed by atoms with Crippen molar-refractivity contribution in [2.75, 3.05) is 12.4 Å². The minimum atomic E-state index is -0.0471. The maximum atomic E-state index is 11.0. The summed E-state index contributed by atoms with van der Waals surface area (Å²) in [5.41, 5.74) is 1.77. The molecule has 0 saturated carbocycles. The Kier molecular flexibility index (Phi) is 4.95. The van der Waals surface area contributed by atoms with E-state index in [0.717, 1.165) is 16.9 Å². The molecule has 0 atom stereocenters. The summed E-state index contributed by atoms with van der Waals surface area (Å²) >= 11 is 1.34. The van der Waals surface area contributed by atoms with E-state index in [2.05, 4.69) is 22.1 Å². The number of ether oxygens (including phenoxy) is 1. The molecule has 5 nitrogen and oxygen atoms in total. The average Bonchev–Trinajstić information content (AvgIpc) is 2.83. The van der Waals surface area contributed by atoms with Crippen LogP contribution in [0.4, 0.5) is 0 Å². The molecule has 1 aliphatic heterocycles. The molecule has 0 aromatic heterocycles. The highest BCUT2D eigenvalue weighted by molar-refractivity contribution is 8.15. The van der Waals surface area contributed by atoms with Gasteiger partial charge < -0.3 is 10.1 Å². The standard InChI is InChI=1S/C14H15N3O2S/c1-10(2)8-19-12-6-4-3-5-11(12)7-15-17-14-16-13(18)9-20-14/h3-7H,1,8-9H2,2H3,(H,16,17,18). The molecule has 1 amide bonds. The van der Waals surface area contributed by atoms with Crippen LogP contribution in [0, 0.1) is 0 Å². The molecule has 0 unspecified atom stereocenters. The zero-order valence-electron chi connectivity index (χ0n) is 11.1. The molecule has 1 aromatic rings. The van der Waals surface area contributed by atoms with Crippen LogP contribution in [-0.2, 0) is 4.79 Å². The summed E-state index contributed by atoms with van der Waals surface area (Å²) in [6, 6.07) is 7.54. The maximum absolute atomic E-state index is 11.0. The van der Waals surface area contributed by atoms with E-state index in [1.807, 2.05) is 31.2 Å². The summed E-state index contributed by atoms with van der Waals surface area (Å²) in [5.74, 6) is 1.07. The first-order valence-electron chi connectivity index (χ1n) is 6.05. The van der Waals surface area contributed by atoms with Crippen LogP contribution in [0.15, 0.2) is 46.6 Å². The van der Waals surface area contributed by atoms with Crippen molar-refractivity contribution in [3.05, 3.63) is 42.0 Å². The van der Waals surface area contributed by atoms with E-state index in [-0.39, 0.29) is 5.91 Å². The smallest absolute Gasteiger partial charge is 0.236 e. The van der Waals surface area contributed by atoms with Crippen molar-refractivity contribution in [3.63, 3.8) is 0 Å². The summed E-state index contributed by atoms with van der Waals surface area (Å²) in [7, 11) is 0. The van der Waals surface area contributed by atoms with Gasteiger partial charge in [0.15, 0.2) is 5.17 Å². The molecule has 0 spiro atoms. The second kappa shape index (κ2) is 6.91. The normalized spacial score (nSPS) is 16.6. The van der Waals surface area contributed by atoms with Gasteiger partial charge >= 0.3 is 0 Å². The Balaban J connectivity index is 2.05. The average molecular weight is 289 g/mol. The lowest BCUT2D eigenvalue weighted by Gasteiger charge is -2.07. The number of para-hydroxylation sites is 1. The van der Waals surface area contributed by atoms with E-state index >= 15 is 0 Å². The van der Waals surface area contributed by atoms with E-state index in [9.17, 15) is 4.79 Å². The van der Waals surface area contributed by atoms with Crippen LogP contribution in [0.5, 0.6) is 5.75 Å². The Bertz CT molecular complexity index is 582. The first-order valence-corrected chi connectivity index (χ1v) is 7.03. The number of amides is 1. The van der Waals surface area contributed by atoms with Crippen molar-refractivity contribution in [1.82, 2.24) is 5.32 Å². The van der Waals surface area contributed by atoms with Gasteiger partial charge in [0.2, 0.25) is 5.91 Å². The van der Waals surface area contributed by atoms with E-state index in [1.165, 1.54) is 11.8 Å². The first kappa shape index (κ1) is 14.3. The molecule has 1 heterocycles. The van der Waals surface area contributed by atoms with Gasteiger partial charge in [-0.3, -0.25) is 4.79 Å². The molecule has 6 heteroatoms. The lowest BCUT2D eigenvalue weighted by molar-refractivity contribution is -0.116. The number of hydrogen-bond donors (Lipinski definition) is 1. The van der Waals surface area contributed by atoms with Crippen LogP contribution in [0.3, 0.4) is 0 Å². The SMILES string of the molecule is C=C(C)COc1ccccc1C=NN=C1NC(=O)CS1. The lowest BCUT2D eigenvalue weighted by atomic mass is 10.2. The first-order chi connectivity index (χ1) is 9.65. The molecule has 0 bridgehead atoms. The lowest BCUT2D eigenvalue weighted by Crippen LogP contribution is -2.19. The number of benzene rings is 1. The van der Waals surface area contributed by atoms with Crippen molar-refractivity contribution in [2.24, 2.45) is 10.2 Å². The van der Waals surface area contributed by atoms with Gasteiger partial charge in [-0.1, -0.05) is 30.5 Å². The van der Waals surface area contributed by atoms with Gasteiger partial charge in [0, 0.05) is 5.56 Å². The molecule has 0 aliphatic carbocycles. The molecule has 1 saturated heterocycles. The fourth-order valence-electron chi connectivity index (χ4n) is 1.44. The van der Waals surface area contributed by atoms with E-state index in [0.29, 0.717) is 17.5 Å². The third kappa shape index (κ3) is 4.24. The second-order valence-corrected chi connectivity index (χ2v) is 5.23. The number of hydrogen-bond acceptors (Lipinski definition) is 5. The fourth-order valence-corrected chi connectivity index (χ4v) is 2.07. The Hall–Kier alpha value is -2.08. The summed E-state index contributed by atoms with van der Waals surface area (Å²) in [6.45, 7) is 6.17. The van der Waals surface area contributed by atoms with Crippen LogP contribution in [0.2, 0.25) is 0 Å². The molecule has 104 valence electrons. The van der Waals surface area contributed by atoms with Crippen molar-refractivity contribution in [2.45, 2.75) is 6.92 Å². The van der Waals surface area contributed by atoms with Gasteiger partial charge in [0.1, 0.15) is 12.4 Å². The highest BCUT2D eigenvalue weighted by atomic mass is 32.2. The topological polar surface area (TPSA) is 63.1 Å². The predicted octanol–water partition coefficient (Wildman–Crippen LogP) is 2.19. The summed E-state index contributed by atoms with van der Waals surface area (Å²) in [4.78, 5) is 11.0. The number of thioether (sulfide) groups is 1.